The second-order valence-corrected chi connectivity index (χ2v) is 6.46. The number of rotatable bonds is 5. The molecule has 0 saturated heterocycles. The number of nitrogens with zero attached hydrogens (tertiary/aromatic N) is 2. The lowest BCUT2D eigenvalue weighted by atomic mass is 10.3. The van der Waals surface area contributed by atoms with Gasteiger partial charge in [-0.25, -0.2) is 18.0 Å². The van der Waals surface area contributed by atoms with Gasteiger partial charge in [0, 0.05) is 0 Å². The molecule has 0 spiro atoms. The monoisotopic (exact) mass is 355 g/mol. The van der Waals surface area contributed by atoms with Crippen molar-refractivity contribution in [3.8, 4) is 5.69 Å². The molecule has 0 bridgehead atoms. The minimum atomic E-state index is -4.06. The molecule has 0 aliphatic heterocycles. The van der Waals surface area contributed by atoms with Crippen molar-refractivity contribution >= 4 is 21.8 Å². The van der Waals surface area contributed by atoms with Crippen molar-refractivity contribution in [2.24, 2.45) is 0 Å². The fourth-order valence-corrected chi connectivity index (χ4v) is 2.80. The zero-order chi connectivity index (χ0) is 18.1. The van der Waals surface area contributed by atoms with Gasteiger partial charge in [0.15, 0.2) is 15.6 Å². The van der Waals surface area contributed by atoms with Crippen molar-refractivity contribution < 1.29 is 28.2 Å². The molecule has 0 unspecified atom stereocenters. The largest absolute Gasteiger partial charge is 0.480 e. The summed E-state index contributed by atoms with van der Waals surface area (Å²) >= 11 is 0. The van der Waals surface area contributed by atoms with Gasteiger partial charge in [0.25, 0.3) is 5.56 Å². The summed E-state index contributed by atoms with van der Waals surface area (Å²) < 4.78 is 24.1. The van der Waals surface area contributed by atoms with E-state index in [1.165, 1.54) is 0 Å². The van der Waals surface area contributed by atoms with Crippen LogP contribution in [-0.2, 0) is 14.6 Å². The third-order valence-electron chi connectivity index (χ3n) is 2.78. The minimum Gasteiger partial charge on any atom is -0.480 e. The summed E-state index contributed by atoms with van der Waals surface area (Å²) in [6, 6.07) is 4.31. The van der Waals surface area contributed by atoms with Gasteiger partial charge in [-0.2, -0.15) is 9.78 Å². The first-order valence-electron chi connectivity index (χ1n) is 6.14. The van der Waals surface area contributed by atoms with Crippen molar-refractivity contribution in [3.05, 3.63) is 50.8 Å². The van der Waals surface area contributed by atoms with Gasteiger partial charge >= 0.3 is 17.6 Å². The normalized spacial score (nSPS) is 11.2. The average molecular weight is 355 g/mol. The lowest BCUT2D eigenvalue weighted by Gasteiger charge is -2.06. The highest BCUT2D eigenvalue weighted by Crippen LogP contribution is 2.13. The van der Waals surface area contributed by atoms with E-state index in [4.69, 9.17) is 10.2 Å². The van der Waals surface area contributed by atoms with Crippen LogP contribution in [0.2, 0.25) is 0 Å². The molecule has 126 valence electrons. The summed E-state index contributed by atoms with van der Waals surface area (Å²) in [7, 11) is -4.06. The number of aromatic amines is 1. The number of hydrogen-bond donors (Lipinski definition) is 3. The number of aromatic carboxylic acids is 1. The quantitative estimate of drug-likeness (QED) is 0.574. The van der Waals surface area contributed by atoms with Gasteiger partial charge in [-0.1, -0.05) is 0 Å². The second-order valence-electron chi connectivity index (χ2n) is 4.47. The Kier molecular flexibility index (Phi) is 4.33. The van der Waals surface area contributed by atoms with E-state index in [-0.39, 0.29) is 10.6 Å². The first kappa shape index (κ1) is 17.1. The van der Waals surface area contributed by atoms with Gasteiger partial charge in [0.05, 0.1) is 10.6 Å². The molecule has 0 saturated carbocycles. The summed E-state index contributed by atoms with van der Waals surface area (Å²) in [5.74, 6) is -4.28. The number of aromatic nitrogens is 3. The topological polar surface area (TPSA) is 176 Å². The number of sulfone groups is 1. The van der Waals surface area contributed by atoms with Gasteiger partial charge in [0.1, 0.15) is 0 Å². The van der Waals surface area contributed by atoms with Crippen LogP contribution in [0.5, 0.6) is 0 Å². The maximum absolute atomic E-state index is 11.8. The van der Waals surface area contributed by atoms with Crippen LogP contribution in [0.1, 0.15) is 10.5 Å². The fourth-order valence-electron chi connectivity index (χ4n) is 1.76. The van der Waals surface area contributed by atoms with Crippen LogP contribution < -0.4 is 11.2 Å². The molecule has 3 N–H and O–H groups in total. The fraction of sp³-hybridized carbons (Fsp3) is 0.0833. The number of benzene rings is 1. The molecule has 0 fully saturated rings. The smallest absolute Gasteiger partial charge is 0.362 e. The molecule has 0 atom stereocenters. The van der Waals surface area contributed by atoms with E-state index < -0.39 is 44.5 Å². The number of nitrogens with one attached hydrogen (secondary N) is 1. The molecular formula is C12H9N3O8S. The number of hydrogen-bond acceptors (Lipinski definition) is 7. The summed E-state index contributed by atoms with van der Waals surface area (Å²) in [5, 5.41) is 20.8. The van der Waals surface area contributed by atoms with Gasteiger partial charge in [-0.15, -0.1) is 0 Å². The van der Waals surface area contributed by atoms with E-state index in [1.807, 2.05) is 0 Å². The van der Waals surface area contributed by atoms with Gasteiger partial charge in [0.2, 0.25) is 5.69 Å². The van der Waals surface area contributed by atoms with Crippen molar-refractivity contribution in [3.63, 3.8) is 0 Å². The number of carboxylic acid groups (broad SMARTS) is 2. The molecule has 12 heteroatoms. The molecule has 0 amide bonds. The standard InChI is InChI=1S/C12H9N3O8S/c16-8(17)5-24(22,23)7-3-1-6(2-4-7)15-12(21)13-10(18)9(14-15)11(19)20/h1-4H,5H2,(H,16,17)(H,19,20)(H,13,18,21). The van der Waals surface area contributed by atoms with Crippen LogP contribution in [0.25, 0.3) is 5.69 Å². The van der Waals surface area contributed by atoms with E-state index in [0.29, 0.717) is 4.68 Å². The first-order chi connectivity index (χ1) is 11.1. The molecule has 0 aliphatic rings. The van der Waals surface area contributed by atoms with Crippen molar-refractivity contribution in [2.75, 3.05) is 5.75 Å². The lowest BCUT2D eigenvalue weighted by Crippen LogP contribution is -2.35. The maximum atomic E-state index is 11.8. The summed E-state index contributed by atoms with van der Waals surface area (Å²) in [5.41, 5.74) is -3.14. The second kappa shape index (κ2) is 6.08. The maximum Gasteiger partial charge on any atom is 0.362 e. The number of carbonyl (C=O) groups is 2. The molecule has 24 heavy (non-hydrogen) atoms. The molecule has 2 rings (SSSR count). The molecule has 11 nitrogen and oxygen atoms in total. The lowest BCUT2D eigenvalue weighted by molar-refractivity contribution is -0.134. The van der Waals surface area contributed by atoms with Gasteiger partial charge < -0.3 is 10.2 Å². The van der Waals surface area contributed by atoms with E-state index >= 15 is 0 Å². The Balaban J connectivity index is 2.51. The third kappa shape index (κ3) is 3.38. The predicted octanol–water partition coefficient (Wildman–Crippen LogP) is -1.52. The molecule has 1 aromatic heterocycles. The Hall–Kier alpha value is -3.28. The van der Waals surface area contributed by atoms with E-state index in [9.17, 15) is 27.6 Å². The Labute approximate surface area is 132 Å². The Bertz CT molecular complexity index is 1030. The Morgan fingerprint density at radius 3 is 2.21 bits per heavy atom. The average Bonchev–Trinajstić information content (AvgIpc) is 2.45. The molecule has 2 aromatic rings. The number of carboxylic acids is 2. The third-order valence-corrected chi connectivity index (χ3v) is 4.40. The van der Waals surface area contributed by atoms with Gasteiger partial charge in [-0.05, 0) is 24.3 Å². The van der Waals surface area contributed by atoms with Gasteiger partial charge in [-0.3, -0.25) is 14.6 Å². The Morgan fingerprint density at radius 1 is 1.12 bits per heavy atom. The summed E-state index contributed by atoms with van der Waals surface area (Å²) in [6.07, 6.45) is 0. The minimum absolute atomic E-state index is 0.0203. The molecular weight excluding hydrogens is 346 g/mol. The van der Waals surface area contributed by atoms with Crippen molar-refractivity contribution in [1.29, 1.82) is 0 Å². The number of H-pyrrole nitrogens is 1. The van der Waals surface area contributed by atoms with E-state index in [1.54, 1.807) is 4.98 Å². The molecule has 0 aliphatic carbocycles. The Morgan fingerprint density at radius 2 is 1.71 bits per heavy atom. The van der Waals surface area contributed by atoms with Crippen LogP contribution in [-0.4, -0.2) is 51.1 Å². The zero-order valence-electron chi connectivity index (χ0n) is 11.7. The summed E-state index contributed by atoms with van der Waals surface area (Å²) in [4.78, 5) is 45.9. The SMILES string of the molecule is O=C(O)CS(=O)(=O)c1ccc(-n2nc(C(=O)O)c(=O)[nH]c2=O)cc1. The highest BCUT2D eigenvalue weighted by atomic mass is 32.2. The summed E-state index contributed by atoms with van der Waals surface area (Å²) in [6.45, 7) is 0. The van der Waals surface area contributed by atoms with Crippen molar-refractivity contribution in [2.45, 2.75) is 4.90 Å². The molecule has 1 heterocycles. The van der Waals surface area contributed by atoms with Crippen LogP contribution in [0.4, 0.5) is 0 Å². The highest BCUT2D eigenvalue weighted by Gasteiger charge is 2.19. The van der Waals surface area contributed by atoms with Crippen LogP contribution in [0.3, 0.4) is 0 Å². The highest BCUT2D eigenvalue weighted by molar-refractivity contribution is 7.92. The van der Waals surface area contributed by atoms with E-state index in [0.717, 1.165) is 24.3 Å². The van der Waals surface area contributed by atoms with E-state index in [2.05, 4.69) is 5.10 Å². The zero-order valence-corrected chi connectivity index (χ0v) is 12.5. The van der Waals surface area contributed by atoms with Crippen LogP contribution in [0, 0.1) is 0 Å². The first-order valence-corrected chi connectivity index (χ1v) is 7.79. The predicted molar refractivity (Wildman–Crippen MR) is 77.1 cm³/mol. The molecule has 1 aromatic carbocycles. The van der Waals surface area contributed by atoms with Crippen molar-refractivity contribution in [1.82, 2.24) is 14.8 Å². The van der Waals surface area contributed by atoms with Crippen LogP contribution >= 0.6 is 0 Å². The molecule has 0 radical (unpaired) electrons. The number of aliphatic carboxylic acids is 1. The van der Waals surface area contributed by atoms with Crippen LogP contribution in [0.15, 0.2) is 38.8 Å².